The lowest BCUT2D eigenvalue weighted by Crippen LogP contribution is -2.36. The van der Waals surface area contributed by atoms with Crippen LogP contribution in [0.5, 0.6) is 0 Å². The Morgan fingerprint density at radius 1 is 1.27 bits per heavy atom. The minimum Gasteiger partial charge on any atom is -0.381 e. The van der Waals surface area contributed by atoms with Gasteiger partial charge in [0.05, 0.1) is 29.6 Å². The predicted molar refractivity (Wildman–Crippen MR) is 125 cm³/mol. The number of H-pyrrole nitrogens is 1. The summed E-state index contributed by atoms with van der Waals surface area (Å²) in [6.45, 7) is 4.34. The summed E-state index contributed by atoms with van der Waals surface area (Å²) in [7, 11) is 16.7. The Morgan fingerprint density at radius 3 is 2.52 bits per heavy atom. The Hall–Kier alpha value is -2.97. The maximum absolute atomic E-state index is 12.1. The number of nitrogens with zero attached hydrogens (tertiary/aromatic N) is 5. The smallest absolute Gasteiger partial charge is 0.287 e. The molecule has 1 atom stereocenters. The Balaban J connectivity index is 0.000000459. The number of rotatable bonds is 4. The maximum Gasteiger partial charge on any atom is 0.287 e. The number of aromatic nitrogens is 5. The van der Waals surface area contributed by atoms with Crippen LogP contribution < -0.4 is 10.9 Å². The summed E-state index contributed by atoms with van der Waals surface area (Å²) in [5.74, 6) is 0.198. The van der Waals surface area contributed by atoms with Crippen LogP contribution in [0.3, 0.4) is 0 Å². The standard InChI is InChI=1S/C16H14B3N7O2.C4H8O/c17-16(18,19)25-8-12(14(27)24-25)22-15-21-7-9-5-11(6-20)26(13(9)23-15)10-1-3-28-4-2-10;1-4-2-3-5-4/h5,7-8,10H,1-4H2,(H,24,27)(H,21,22,23);4H,2-3H2,1H3. The summed E-state index contributed by atoms with van der Waals surface area (Å²) in [5.41, 5.74) is 0.779. The third-order valence-electron chi connectivity index (χ3n) is 5.56. The van der Waals surface area contributed by atoms with E-state index in [4.69, 9.17) is 33.0 Å². The van der Waals surface area contributed by atoms with Gasteiger partial charge >= 0.3 is 0 Å². The average molecular weight is 441 g/mol. The lowest BCUT2D eigenvalue weighted by atomic mass is 9.49. The molecule has 2 aliphatic rings. The van der Waals surface area contributed by atoms with E-state index in [-0.39, 0.29) is 17.7 Å². The first-order chi connectivity index (χ1) is 15.8. The third-order valence-corrected chi connectivity index (χ3v) is 5.56. The van der Waals surface area contributed by atoms with Crippen molar-refractivity contribution in [1.82, 2.24) is 24.3 Å². The summed E-state index contributed by atoms with van der Waals surface area (Å²) in [6.07, 6.45) is 6.35. The Labute approximate surface area is 194 Å². The van der Waals surface area contributed by atoms with Crippen LogP contribution in [0.15, 0.2) is 23.3 Å². The van der Waals surface area contributed by atoms with Gasteiger partial charge < -0.3 is 24.0 Å². The van der Waals surface area contributed by atoms with Crippen molar-refractivity contribution in [2.45, 2.75) is 43.6 Å². The van der Waals surface area contributed by atoms with Gasteiger partial charge in [0.1, 0.15) is 23.1 Å². The zero-order chi connectivity index (χ0) is 23.6. The molecule has 10 nitrogen and oxygen atoms in total. The van der Waals surface area contributed by atoms with Gasteiger partial charge in [0.25, 0.3) is 5.56 Å². The zero-order valence-electron chi connectivity index (χ0n) is 18.3. The molecule has 0 bridgehead atoms. The molecule has 13 heteroatoms. The van der Waals surface area contributed by atoms with E-state index in [2.05, 4.69) is 33.4 Å². The fourth-order valence-corrected chi connectivity index (χ4v) is 3.63. The molecule has 2 aliphatic heterocycles. The van der Waals surface area contributed by atoms with Crippen molar-refractivity contribution in [3.8, 4) is 6.07 Å². The highest BCUT2D eigenvalue weighted by atomic mass is 16.5. The molecule has 1 unspecified atom stereocenters. The molecular formula is C20H22B3N7O3. The van der Waals surface area contributed by atoms with Crippen LogP contribution in [0.4, 0.5) is 11.6 Å². The summed E-state index contributed by atoms with van der Waals surface area (Å²) in [4.78, 5) is 20.8. The molecule has 2 saturated heterocycles. The summed E-state index contributed by atoms with van der Waals surface area (Å²) in [5, 5.41) is 13.8. The minimum atomic E-state index is -1.75. The number of nitriles is 1. The zero-order valence-corrected chi connectivity index (χ0v) is 18.3. The van der Waals surface area contributed by atoms with Crippen LogP contribution in [-0.2, 0) is 14.7 Å². The van der Waals surface area contributed by atoms with E-state index < -0.39 is 10.8 Å². The summed E-state index contributed by atoms with van der Waals surface area (Å²) < 4.78 is 13.3. The second-order valence-corrected chi connectivity index (χ2v) is 8.16. The highest BCUT2D eigenvalue weighted by Gasteiger charge is 2.22. The maximum atomic E-state index is 12.1. The van der Waals surface area contributed by atoms with Gasteiger partial charge in [-0.3, -0.25) is 9.89 Å². The topological polar surface area (TPSA) is 123 Å². The van der Waals surface area contributed by atoms with E-state index >= 15 is 0 Å². The Morgan fingerprint density at radius 2 is 1.97 bits per heavy atom. The van der Waals surface area contributed by atoms with E-state index in [0.717, 1.165) is 29.5 Å². The van der Waals surface area contributed by atoms with Gasteiger partial charge in [0.15, 0.2) is 0 Å². The van der Waals surface area contributed by atoms with Crippen molar-refractivity contribution in [3.63, 3.8) is 0 Å². The molecule has 33 heavy (non-hydrogen) atoms. The van der Waals surface area contributed by atoms with Gasteiger partial charge in [-0.05, 0) is 37.5 Å². The first-order valence-corrected chi connectivity index (χ1v) is 10.7. The van der Waals surface area contributed by atoms with Crippen molar-refractivity contribution >= 4 is 46.2 Å². The van der Waals surface area contributed by atoms with E-state index in [1.54, 1.807) is 12.3 Å². The molecule has 3 aromatic heterocycles. The van der Waals surface area contributed by atoms with Crippen molar-refractivity contribution in [2.75, 3.05) is 25.1 Å². The molecule has 5 rings (SSSR count). The molecule has 164 valence electrons. The van der Waals surface area contributed by atoms with Crippen LogP contribution in [-0.4, -0.2) is 73.8 Å². The number of hydrogen-bond donors (Lipinski definition) is 2. The van der Waals surface area contributed by atoms with E-state index in [9.17, 15) is 10.1 Å². The minimum absolute atomic E-state index is 0.112. The SMILES string of the molecule is CC1CCO1.[B]C([B])([B])n1cc(Nc2ncc3cc(C#N)n(C4CCOCC4)c3n2)c(=O)[nH]1. The molecule has 0 spiro atoms. The summed E-state index contributed by atoms with van der Waals surface area (Å²) in [6, 6.07) is 4.08. The molecule has 0 aliphatic carbocycles. The normalized spacial score (nSPS) is 18.7. The predicted octanol–water partition coefficient (Wildman–Crippen LogP) is 0.756. The first-order valence-electron chi connectivity index (χ1n) is 10.7. The highest BCUT2D eigenvalue weighted by molar-refractivity contribution is 6.56. The van der Waals surface area contributed by atoms with Gasteiger partial charge in [-0.1, -0.05) is 0 Å². The van der Waals surface area contributed by atoms with Crippen molar-refractivity contribution in [2.24, 2.45) is 0 Å². The van der Waals surface area contributed by atoms with Crippen LogP contribution in [0.25, 0.3) is 11.0 Å². The van der Waals surface area contributed by atoms with E-state index in [1.807, 2.05) is 4.57 Å². The van der Waals surface area contributed by atoms with Crippen molar-refractivity contribution < 1.29 is 9.47 Å². The van der Waals surface area contributed by atoms with Gasteiger partial charge in [0.2, 0.25) is 5.95 Å². The molecule has 2 fully saturated rings. The molecule has 3 aromatic rings. The van der Waals surface area contributed by atoms with Crippen LogP contribution >= 0.6 is 0 Å². The molecule has 6 radical (unpaired) electrons. The average Bonchev–Trinajstić information content (AvgIpc) is 3.33. The van der Waals surface area contributed by atoms with Crippen LogP contribution in [0.2, 0.25) is 0 Å². The largest absolute Gasteiger partial charge is 0.381 e. The van der Waals surface area contributed by atoms with Crippen molar-refractivity contribution in [3.05, 3.63) is 34.5 Å². The second-order valence-electron chi connectivity index (χ2n) is 8.16. The van der Waals surface area contributed by atoms with E-state index in [1.165, 1.54) is 12.6 Å². The third kappa shape index (κ3) is 5.18. The van der Waals surface area contributed by atoms with Gasteiger partial charge in [-0.2, -0.15) is 10.2 Å². The van der Waals surface area contributed by atoms with Gasteiger partial charge in [-0.25, -0.2) is 4.98 Å². The second kappa shape index (κ2) is 9.49. The molecule has 2 N–H and O–H groups in total. The molecular weight excluding hydrogens is 419 g/mol. The van der Waals surface area contributed by atoms with E-state index in [0.29, 0.717) is 30.7 Å². The highest BCUT2D eigenvalue weighted by Crippen LogP contribution is 2.29. The lowest BCUT2D eigenvalue weighted by Gasteiger charge is -2.24. The fourth-order valence-electron chi connectivity index (χ4n) is 3.63. The number of anilines is 2. The Kier molecular flexibility index (Phi) is 6.67. The molecule has 0 amide bonds. The lowest BCUT2D eigenvalue weighted by molar-refractivity contribution is -0.0375. The number of hydrogen-bond acceptors (Lipinski definition) is 7. The van der Waals surface area contributed by atoms with Gasteiger partial charge in [0, 0.05) is 43.6 Å². The fraction of sp³-hybridized carbons (Fsp3) is 0.500. The van der Waals surface area contributed by atoms with Crippen LogP contribution in [0, 0.1) is 11.3 Å². The van der Waals surface area contributed by atoms with Gasteiger partial charge in [-0.15, -0.1) is 0 Å². The number of aromatic amines is 1. The number of fused-ring (bicyclic) bond motifs is 1. The van der Waals surface area contributed by atoms with Crippen LogP contribution in [0.1, 0.15) is 37.9 Å². The molecule has 5 heterocycles. The Bertz CT molecular complexity index is 1210. The first kappa shape index (κ1) is 23.2. The quantitative estimate of drug-likeness (QED) is 0.574. The molecule has 0 saturated carbocycles. The summed E-state index contributed by atoms with van der Waals surface area (Å²) >= 11 is 0. The van der Waals surface area contributed by atoms with Crippen molar-refractivity contribution in [1.29, 1.82) is 5.26 Å². The molecule has 0 aromatic carbocycles. The number of ether oxygens (including phenoxy) is 2. The monoisotopic (exact) mass is 441 g/mol. The number of nitrogens with one attached hydrogen (secondary N) is 2.